The van der Waals surface area contributed by atoms with Crippen molar-refractivity contribution < 1.29 is 4.74 Å². The van der Waals surface area contributed by atoms with Crippen LogP contribution < -0.4 is 4.74 Å². The van der Waals surface area contributed by atoms with Gasteiger partial charge in [-0.25, -0.2) is 9.97 Å². The van der Waals surface area contributed by atoms with Crippen LogP contribution >= 0.6 is 0 Å². The van der Waals surface area contributed by atoms with Gasteiger partial charge in [-0.15, -0.1) is 0 Å². The fourth-order valence-electron chi connectivity index (χ4n) is 2.27. The van der Waals surface area contributed by atoms with Gasteiger partial charge in [0.25, 0.3) is 0 Å². The van der Waals surface area contributed by atoms with Crippen LogP contribution in [0.5, 0.6) is 5.75 Å². The number of nitrogens with zero attached hydrogens (tertiary/aromatic N) is 3. The average molecular weight is 251 g/mol. The Morgan fingerprint density at radius 2 is 2.21 bits per heavy atom. The van der Waals surface area contributed by atoms with Gasteiger partial charge >= 0.3 is 0 Å². The Hall–Kier alpha value is -2.41. The summed E-state index contributed by atoms with van der Waals surface area (Å²) in [4.78, 5) is 8.71. The van der Waals surface area contributed by atoms with Crippen LogP contribution in [0.15, 0.2) is 24.3 Å². The topological polar surface area (TPSA) is 58.8 Å². The number of hydrogen-bond donors (Lipinski definition) is 0. The third-order valence-corrected chi connectivity index (χ3v) is 3.12. The number of rotatable bonds is 2. The van der Waals surface area contributed by atoms with E-state index < -0.39 is 0 Å². The van der Waals surface area contributed by atoms with Crippen molar-refractivity contribution in [3.05, 3.63) is 41.3 Å². The van der Waals surface area contributed by atoms with Gasteiger partial charge in [0.15, 0.2) is 0 Å². The molecule has 3 rings (SSSR count). The molecule has 2 aromatic rings. The van der Waals surface area contributed by atoms with Crippen LogP contribution in [0.2, 0.25) is 0 Å². The molecule has 0 saturated heterocycles. The molecule has 94 valence electrons. The zero-order valence-corrected chi connectivity index (χ0v) is 10.7. The molecular weight excluding hydrogens is 238 g/mol. The van der Waals surface area contributed by atoms with Crippen LogP contribution in [0, 0.1) is 18.3 Å². The second-order valence-electron chi connectivity index (χ2n) is 4.57. The van der Waals surface area contributed by atoms with Crippen molar-refractivity contribution >= 4 is 0 Å². The van der Waals surface area contributed by atoms with Crippen molar-refractivity contribution in [1.82, 2.24) is 9.97 Å². The Balaban J connectivity index is 2.04. The number of benzene rings is 1. The predicted molar refractivity (Wildman–Crippen MR) is 70.7 cm³/mol. The zero-order valence-electron chi connectivity index (χ0n) is 10.7. The van der Waals surface area contributed by atoms with Gasteiger partial charge in [-0.1, -0.05) is 0 Å². The van der Waals surface area contributed by atoms with Crippen molar-refractivity contribution in [2.45, 2.75) is 19.8 Å². The van der Waals surface area contributed by atoms with Gasteiger partial charge in [0.05, 0.1) is 24.8 Å². The molecule has 0 radical (unpaired) electrons. The average Bonchev–Trinajstić information content (AvgIpc) is 2.85. The smallest absolute Gasteiger partial charge is 0.143 e. The lowest BCUT2D eigenvalue weighted by molar-refractivity contribution is 0.357. The van der Waals surface area contributed by atoms with Crippen LogP contribution in [-0.4, -0.2) is 16.6 Å². The highest BCUT2D eigenvalue weighted by Crippen LogP contribution is 2.29. The Labute approximate surface area is 111 Å². The molecule has 2 heterocycles. The van der Waals surface area contributed by atoms with E-state index in [1.165, 1.54) is 5.56 Å². The van der Waals surface area contributed by atoms with E-state index >= 15 is 0 Å². The van der Waals surface area contributed by atoms with Crippen molar-refractivity contribution in [2.75, 3.05) is 6.61 Å². The van der Waals surface area contributed by atoms with E-state index in [-0.39, 0.29) is 6.42 Å². The molecule has 0 atom stereocenters. The quantitative estimate of drug-likeness (QED) is 0.822. The first-order valence-corrected chi connectivity index (χ1v) is 6.24. The maximum Gasteiger partial charge on any atom is 0.143 e. The Bertz CT molecular complexity index is 674. The third-order valence-electron chi connectivity index (χ3n) is 3.12. The van der Waals surface area contributed by atoms with Gasteiger partial charge in [0.2, 0.25) is 0 Å². The third kappa shape index (κ3) is 2.27. The molecule has 1 aromatic carbocycles. The van der Waals surface area contributed by atoms with Gasteiger partial charge in [0, 0.05) is 17.7 Å². The number of aromatic nitrogens is 2. The molecule has 0 N–H and O–H groups in total. The summed E-state index contributed by atoms with van der Waals surface area (Å²) in [5.74, 6) is 1.54. The lowest BCUT2D eigenvalue weighted by Crippen LogP contribution is -1.98. The number of ether oxygens (including phenoxy) is 1. The molecule has 1 aromatic heterocycles. The van der Waals surface area contributed by atoms with Crippen molar-refractivity contribution in [3.8, 4) is 23.1 Å². The van der Waals surface area contributed by atoms with Crippen LogP contribution in [0.4, 0.5) is 0 Å². The largest absolute Gasteiger partial charge is 0.493 e. The van der Waals surface area contributed by atoms with Crippen molar-refractivity contribution in [1.29, 1.82) is 5.26 Å². The standard InChI is InChI=1S/C15H13N3O/c1-10-8-13(18-15(17-10)4-6-16)11-2-3-14-12(9-11)5-7-19-14/h2-3,8-9H,4-5,7H2,1H3. The summed E-state index contributed by atoms with van der Waals surface area (Å²) in [5, 5.41) is 8.75. The second kappa shape index (κ2) is 4.69. The molecular formula is C15H13N3O. The van der Waals surface area contributed by atoms with E-state index in [9.17, 15) is 0 Å². The highest BCUT2D eigenvalue weighted by molar-refractivity contribution is 5.63. The minimum Gasteiger partial charge on any atom is -0.493 e. The maximum absolute atomic E-state index is 8.75. The fourth-order valence-corrected chi connectivity index (χ4v) is 2.27. The lowest BCUT2D eigenvalue weighted by atomic mass is 10.1. The van der Waals surface area contributed by atoms with E-state index in [0.717, 1.165) is 35.7 Å². The van der Waals surface area contributed by atoms with E-state index in [2.05, 4.69) is 22.1 Å². The highest BCUT2D eigenvalue weighted by Gasteiger charge is 2.13. The fraction of sp³-hybridized carbons (Fsp3) is 0.267. The SMILES string of the molecule is Cc1cc(-c2ccc3c(c2)CCO3)nc(CC#N)n1. The molecule has 0 spiro atoms. The number of hydrogen-bond acceptors (Lipinski definition) is 4. The van der Waals surface area contributed by atoms with Crippen LogP contribution in [-0.2, 0) is 12.8 Å². The number of aryl methyl sites for hydroxylation is 1. The van der Waals surface area contributed by atoms with Gasteiger partial charge in [-0.2, -0.15) is 5.26 Å². The van der Waals surface area contributed by atoms with Gasteiger partial charge in [0.1, 0.15) is 11.6 Å². The Morgan fingerprint density at radius 1 is 1.32 bits per heavy atom. The van der Waals surface area contributed by atoms with Crippen molar-refractivity contribution in [2.24, 2.45) is 0 Å². The summed E-state index contributed by atoms with van der Waals surface area (Å²) in [7, 11) is 0. The van der Waals surface area contributed by atoms with Crippen molar-refractivity contribution in [3.63, 3.8) is 0 Å². The number of nitriles is 1. The monoisotopic (exact) mass is 251 g/mol. The molecule has 0 bridgehead atoms. The van der Waals surface area contributed by atoms with Gasteiger partial charge < -0.3 is 4.74 Å². The summed E-state index contributed by atoms with van der Waals surface area (Å²) in [5.41, 5.74) is 4.02. The van der Waals surface area contributed by atoms with Crippen LogP contribution in [0.3, 0.4) is 0 Å². The molecule has 19 heavy (non-hydrogen) atoms. The normalized spacial score (nSPS) is 12.6. The second-order valence-corrected chi connectivity index (χ2v) is 4.57. The molecule has 1 aliphatic heterocycles. The molecule has 1 aliphatic rings. The maximum atomic E-state index is 8.75. The molecule has 4 heteroatoms. The lowest BCUT2D eigenvalue weighted by Gasteiger charge is -2.06. The summed E-state index contributed by atoms with van der Waals surface area (Å²) in [6.07, 6.45) is 1.18. The first kappa shape index (κ1) is 11.7. The number of fused-ring (bicyclic) bond motifs is 1. The van der Waals surface area contributed by atoms with E-state index in [4.69, 9.17) is 10.00 Å². The molecule has 0 aliphatic carbocycles. The molecule has 4 nitrogen and oxygen atoms in total. The highest BCUT2D eigenvalue weighted by atomic mass is 16.5. The summed E-state index contributed by atoms with van der Waals surface area (Å²) >= 11 is 0. The minimum absolute atomic E-state index is 0.239. The van der Waals surface area contributed by atoms with E-state index in [1.54, 1.807) is 0 Å². The summed E-state index contributed by atoms with van der Waals surface area (Å²) in [6, 6.07) is 10.1. The molecule has 0 amide bonds. The molecule has 0 fully saturated rings. The van der Waals surface area contributed by atoms with Gasteiger partial charge in [-0.3, -0.25) is 0 Å². The zero-order chi connectivity index (χ0) is 13.2. The Morgan fingerprint density at radius 3 is 3.05 bits per heavy atom. The minimum atomic E-state index is 0.239. The van der Waals surface area contributed by atoms with Gasteiger partial charge in [-0.05, 0) is 36.8 Å². The van der Waals surface area contributed by atoms with E-state index in [0.29, 0.717) is 5.82 Å². The van der Waals surface area contributed by atoms with Crippen LogP contribution in [0.25, 0.3) is 11.3 Å². The summed E-state index contributed by atoms with van der Waals surface area (Å²) in [6.45, 7) is 2.67. The van der Waals surface area contributed by atoms with E-state index in [1.807, 2.05) is 25.1 Å². The first-order chi connectivity index (χ1) is 9.26. The predicted octanol–water partition coefficient (Wildman–Crippen LogP) is 2.45. The van der Waals surface area contributed by atoms with Crippen LogP contribution in [0.1, 0.15) is 17.1 Å². The Kier molecular flexibility index (Phi) is 2.88. The first-order valence-electron chi connectivity index (χ1n) is 6.24. The summed E-state index contributed by atoms with van der Waals surface area (Å²) < 4.78 is 5.50. The molecule has 0 saturated carbocycles. The molecule has 0 unspecified atom stereocenters.